The Hall–Kier alpha value is -1.76. The lowest BCUT2D eigenvalue weighted by molar-refractivity contribution is 0.306. The topological polar surface area (TPSA) is 9.23 Å². The van der Waals surface area contributed by atoms with Gasteiger partial charge >= 0.3 is 0 Å². The van der Waals surface area contributed by atoms with E-state index in [0.717, 1.165) is 5.75 Å². The van der Waals surface area contributed by atoms with E-state index in [1.807, 2.05) is 0 Å². The molecule has 0 bridgehead atoms. The van der Waals surface area contributed by atoms with E-state index >= 15 is 0 Å². The molecule has 19 heavy (non-hydrogen) atoms. The van der Waals surface area contributed by atoms with E-state index in [4.69, 9.17) is 4.74 Å². The fourth-order valence-electron chi connectivity index (χ4n) is 1.90. The van der Waals surface area contributed by atoms with Crippen molar-refractivity contribution in [1.29, 1.82) is 0 Å². The summed E-state index contributed by atoms with van der Waals surface area (Å²) in [7, 11) is 0. The predicted molar refractivity (Wildman–Crippen MR) is 80.7 cm³/mol. The van der Waals surface area contributed by atoms with E-state index in [0.29, 0.717) is 6.61 Å². The SMILES string of the molecule is Cc1ccc(COc2ccc(C(C)(C)C)cc2)cc1. The summed E-state index contributed by atoms with van der Waals surface area (Å²) in [6.45, 7) is 9.37. The zero-order valence-corrected chi connectivity index (χ0v) is 12.2. The van der Waals surface area contributed by atoms with Gasteiger partial charge in [0.1, 0.15) is 12.4 Å². The van der Waals surface area contributed by atoms with Crippen LogP contribution in [0, 0.1) is 6.92 Å². The van der Waals surface area contributed by atoms with E-state index in [1.165, 1.54) is 16.7 Å². The van der Waals surface area contributed by atoms with Gasteiger partial charge in [0, 0.05) is 0 Å². The summed E-state index contributed by atoms with van der Waals surface area (Å²) >= 11 is 0. The minimum absolute atomic E-state index is 0.190. The second-order valence-corrected chi connectivity index (χ2v) is 6.05. The number of aryl methyl sites for hydroxylation is 1. The van der Waals surface area contributed by atoms with Crippen LogP contribution in [0.2, 0.25) is 0 Å². The molecular formula is C18H22O. The Kier molecular flexibility index (Phi) is 3.94. The second-order valence-electron chi connectivity index (χ2n) is 6.05. The molecule has 0 spiro atoms. The van der Waals surface area contributed by atoms with Crippen molar-refractivity contribution < 1.29 is 4.74 Å². The minimum atomic E-state index is 0.190. The van der Waals surface area contributed by atoms with E-state index in [-0.39, 0.29) is 5.41 Å². The van der Waals surface area contributed by atoms with Crippen molar-refractivity contribution in [3.05, 3.63) is 65.2 Å². The summed E-state index contributed by atoms with van der Waals surface area (Å²) in [4.78, 5) is 0. The molecule has 0 aliphatic carbocycles. The number of hydrogen-bond acceptors (Lipinski definition) is 1. The highest BCUT2D eigenvalue weighted by molar-refractivity contribution is 5.31. The zero-order valence-electron chi connectivity index (χ0n) is 12.2. The molecule has 0 unspecified atom stereocenters. The van der Waals surface area contributed by atoms with Crippen LogP contribution in [0.3, 0.4) is 0 Å². The average Bonchev–Trinajstić information content (AvgIpc) is 2.37. The summed E-state index contributed by atoms with van der Waals surface area (Å²) < 4.78 is 5.80. The van der Waals surface area contributed by atoms with Gasteiger partial charge in [0.25, 0.3) is 0 Å². The maximum Gasteiger partial charge on any atom is 0.119 e. The average molecular weight is 254 g/mol. The maximum atomic E-state index is 5.80. The molecule has 0 aromatic heterocycles. The molecular weight excluding hydrogens is 232 g/mol. The lowest BCUT2D eigenvalue weighted by Crippen LogP contribution is -2.10. The standard InChI is InChI=1S/C18H22O/c1-14-5-7-15(8-6-14)13-19-17-11-9-16(10-12-17)18(2,3)4/h5-12H,13H2,1-4H3. The highest BCUT2D eigenvalue weighted by Gasteiger charge is 2.12. The minimum Gasteiger partial charge on any atom is -0.489 e. The maximum absolute atomic E-state index is 5.80. The largest absolute Gasteiger partial charge is 0.489 e. The Morgan fingerprint density at radius 3 is 1.95 bits per heavy atom. The molecule has 1 nitrogen and oxygen atoms in total. The van der Waals surface area contributed by atoms with Crippen molar-refractivity contribution in [1.82, 2.24) is 0 Å². The molecule has 2 aromatic carbocycles. The van der Waals surface area contributed by atoms with Crippen LogP contribution in [-0.4, -0.2) is 0 Å². The van der Waals surface area contributed by atoms with Crippen molar-refractivity contribution in [2.75, 3.05) is 0 Å². The number of rotatable bonds is 3. The molecule has 0 radical (unpaired) electrons. The van der Waals surface area contributed by atoms with Crippen LogP contribution in [0.4, 0.5) is 0 Å². The smallest absolute Gasteiger partial charge is 0.119 e. The van der Waals surface area contributed by atoms with Crippen LogP contribution in [0.5, 0.6) is 5.75 Å². The van der Waals surface area contributed by atoms with Gasteiger partial charge in [-0.2, -0.15) is 0 Å². The van der Waals surface area contributed by atoms with Crippen molar-refractivity contribution in [3.63, 3.8) is 0 Å². The number of ether oxygens (including phenoxy) is 1. The third-order valence-corrected chi connectivity index (χ3v) is 3.25. The van der Waals surface area contributed by atoms with Crippen LogP contribution in [0.1, 0.15) is 37.5 Å². The van der Waals surface area contributed by atoms with Crippen molar-refractivity contribution >= 4 is 0 Å². The molecule has 2 rings (SSSR count). The molecule has 0 aliphatic rings. The van der Waals surface area contributed by atoms with E-state index < -0.39 is 0 Å². The molecule has 0 fully saturated rings. The Labute approximate surface area is 116 Å². The quantitative estimate of drug-likeness (QED) is 0.759. The van der Waals surface area contributed by atoms with Gasteiger partial charge in [0.05, 0.1) is 0 Å². The molecule has 0 saturated carbocycles. The number of benzene rings is 2. The highest BCUT2D eigenvalue weighted by atomic mass is 16.5. The Morgan fingerprint density at radius 1 is 0.842 bits per heavy atom. The van der Waals surface area contributed by atoms with E-state index in [2.05, 4.69) is 76.2 Å². The lowest BCUT2D eigenvalue weighted by atomic mass is 9.87. The first kappa shape index (κ1) is 13.7. The summed E-state index contributed by atoms with van der Waals surface area (Å²) in [5.41, 5.74) is 3.99. The van der Waals surface area contributed by atoms with Gasteiger partial charge in [-0.25, -0.2) is 0 Å². The first-order chi connectivity index (χ1) is 8.95. The van der Waals surface area contributed by atoms with Crippen molar-refractivity contribution in [2.45, 2.75) is 39.7 Å². The fourth-order valence-corrected chi connectivity index (χ4v) is 1.90. The van der Waals surface area contributed by atoms with Gasteiger partial charge in [0.2, 0.25) is 0 Å². The normalized spacial score (nSPS) is 11.4. The second kappa shape index (κ2) is 5.48. The first-order valence-electron chi connectivity index (χ1n) is 6.74. The molecule has 0 amide bonds. The van der Waals surface area contributed by atoms with Gasteiger partial charge in [0.15, 0.2) is 0 Å². The summed E-state index contributed by atoms with van der Waals surface area (Å²) in [5.74, 6) is 0.925. The van der Waals surface area contributed by atoms with Gasteiger partial charge in [-0.3, -0.25) is 0 Å². The van der Waals surface area contributed by atoms with Crippen LogP contribution in [-0.2, 0) is 12.0 Å². The molecule has 0 aliphatic heterocycles. The van der Waals surface area contributed by atoms with Crippen LogP contribution in [0.15, 0.2) is 48.5 Å². The lowest BCUT2D eigenvalue weighted by Gasteiger charge is -2.19. The highest BCUT2D eigenvalue weighted by Crippen LogP contribution is 2.24. The predicted octanol–water partition coefficient (Wildman–Crippen LogP) is 4.87. The Bertz CT molecular complexity index is 515. The monoisotopic (exact) mass is 254 g/mol. The summed E-state index contributed by atoms with van der Waals surface area (Å²) in [6, 6.07) is 16.8. The Balaban J connectivity index is 1.98. The van der Waals surface area contributed by atoms with Crippen LogP contribution >= 0.6 is 0 Å². The fraction of sp³-hybridized carbons (Fsp3) is 0.333. The molecule has 0 saturated heterocycles. The molecule has 100 valence electrons. The zero-order chi connectivity index (χ0) is 13.9. The van der Waals surface area contributed by atoms with Gasteiger partial charge in [-0.1, -0.05) is 62.7 Å². The number of hydrogen-bond donors (Lipinski definition) is 0. The third kappa shape index (κ3) is 3.85. The molecule has 0 N–H and O–H groups in total. The Morgan fingerprint density at radius 2 is 1.42 bits per heavy atom. The van der Waals surface area contributed by atoms with Crippen molar-refractivity contribution in [3.8, 4) is 5.75 Å². The first-order valence-corrected chi connectivity index (χ1v) is 6.74. The van der Waals surface area contributed by atoms with Crippen LogP contribution in [0.25, 0.3) is 0 Å². The van der Waals surface area contributed by atoms with Gasteiger partial charge < -0.3 is 4.74 Å². The molecule has 0 atom stereocenters. The van der Waals surface area contributed by atoms with E-state index in [9.17, 15) is 0 Å². The van der Waals surface area contributed by atoms with Crippen LogP contribution < -0.4 is 4.74 Å². The van der Waals surface area contributed by atoms with E-state index in [1.54, 1.807) is 0 Å². The van der Waals surface area contributed by atoms with Crippen molar-refractivity contribution in [2.24, 2.45) is 0 Å². The molecule has 2 aromatic rings. The van der Waals surface area contributed by atoms with Gasteiger partial charge in [-0.05, 0) is 35.6 Å². The summed E-state index contributed by atoms with van der Waals surface area (Å²) in [5, 5.41) is 0. The van der Waals surface area contributed by atoms with Gasteiger partial charge in [-0.15, -0.1) is 0 Å². The third-order valence-electron chi connectivity index (χ3n) is 3.25. The summed E-state index contributed by atoms with van der Waals surface area (Å²) in [6.07, 6.45) is 0. The molecule has 1 heteroatoms. The molecule has 0 heterocycles.